The van der Waals surface area contributed by atoms with Crippen molar-refractivity contribution in [2.75, 3.05) is 5.73 Å². The van der Waals surface area contributed by atoms with Gasteiger partial charge in [0.25, 0.3) is 0 Å². The third-order valence-corrected chi connectivity index (χ3v) is 3.28. The second kappa shape index (κ2) is 4.19. The molecule has 0 amide bonds. The number of anilines is 1. The van der Waals surface area contributed by atoms with Gasteiger partial charge in [0.15, 0.2) is 5.58 Å². The second-order valence-electron chi connectivity index (χ2n) is 3.91. The molecule has 90 valence electrons. The molecule has 2 aromatic carbocycles. The zero-order valence-electron chi connectivity index (χ0n) is 9.15. The highest BCUT2D eigenvalue weighted by molar-refractivity contribution is 6.33. The van der Waals surface area contributed by atoms with Gasteiger partial charge in [-0.2, -0.15) is 0 Å². The number of hydrogen-bond acceptors (Lipinski definition) is 3. The van der Waals surface area contributed by atoms with E-state index in [9.17, 15) is 0 Å². The molecule has 1 heterocycles. The zero-order chi connectivity index (χ0) is 12.7. The summed E-state index contributed by atoms with van der Waals surface area (Å²) in [4.78, 5) is 0. The molecule has 0 spiro atoms. The van der Waals surface area contributed by atoms with Gasteiger partial charge in [-0.15, -0.1) is 0 Å². The van der Waals surface area contributed by atoms with Crippen molar-refractivity contribution >= 4 is 39.9 Å². The first-order valence-electron chi connectivity index (χ1n) is 5.25. The zero-order valence-corrected chi connectivity index (χ0v) is 10.7. The van der Waals surface area contributed by atoms with Crippen LogP contribution in [0.3, 0.4) is 0 Å². The molecule has 0 fully saturated rings. The lowest BCUT2D eigenvalue weighted by molar-refractivity contribution is 0.459. The fourth-order valence-electron chi connectivity index (χ4n) is 1.81. The fourth-order valence-corrected chi connectivity index (χ4v) is 2.10. The Morgan fingerprint density at radius 2 is 1.89 bits per heavy atom. The van der Waals surface area contributed by atoms with Crippen LogP contribution in [-0.4, -0.2) is 5.16 Å². The maximum Gasteiger partial charge on any atom is 0.167 e. The maximum absolute atomic E-state index is 5.98. The van der Waals surface area contributed by atoms with Crippen LogP contribution in [0.1, 0.15) is 0 Å². The summed E-state index contributed by atoms with van der Waals surface area (Å²) in [6.07, 6.45) is 0. The Labute approximate surface area is 113 Å². The standard InChI is InChI=1S/C13H8Cl2N2O/c14-8-2-4-12-9(6-8)13(17-18-12)7-1-3-10(15)11(16)5-7/h1-6H,16H2. The van der Waals surface area contributed by atoms with Gasteiger partial charge in [0, 0.05) is 10.6 Å². The average Bonchev–Trinajstić information content (AvgIpc) is 2.75. The Hall–Kier alpha value is -1.71. The van der Waals surface area contributed by atoms with Crippen molar-refractivity contribution in [1.29, 1.82) is 0 Å². The normalized spacial score (nSPS) is 11.0. The van der Waals surface area contributed by atoms with Gasteiger partial charge in [-0.25, -0.2) is 0 Å². The lowest BCUT2D eigenvalue weighted by Crippen LogP contribution is -1.87. The molecule has 2 N–H and O–H groups in total. The summed E-state index contributed by atoms with van der Waals surface area (Å²) in [6, 6.07) is 10.7. The lowest BCUT2D eigenvalue weighted by Gasteiger charge is -2.01. The third kappa shape index (κ3) is 1.82. The van der Waals surface area contributed by atoms with E-state index >= 15 is 0 Å². The summed E-state index contributed by atoms with van der Waals surface area (Å²) in [7, 11) is 0. The van der Waals surface area contributed by atoms with Crippen molar-refractivity contribution in [3.05, 3.63) is 46.4 Å². The first-order chi connectivity index (χ1) is 8.65. The quantitative estimate of drug-likeness (QED) is 0.672. The third-order valence-electron chi connectivity index (χ3n) is 2.70. The molecule has 0 unspecified atom stereocenters. The molecule has 0 radical (unpaired) electrons. The van der Waals surface area contributed by atoms with Crippen LogP contribution < -0.4 is 5.73 Å². The van der Waals surface area contributed by atoms with Gasteiger partial charge >= 0.3 is 0 Å². The molecule has 18 heavy (non-hydrogen) atoms. The van der Waals surface area contributed by atoms with Crippen molar-refractivity contribution in [2.45, 2.75) is 0 Å². The fraction of sp³-hybridized carbons (Fsp3) is 0. The number of halogens is 2. The van der Waals surface area contributed by atoms with Crippen molar-refractivity contribution < 1.29 is 4.52 Å². The van der Waals surface area contributed by atoms with Crippen molar-refractivity contribution in [3.8, 4) is 11.3 Å². The van der Waals surface area contributed by atoms with E-state index < -0.39 is 0 Å². The van der Waals surface area contributed by atoms with Crippen molar-refractivity contribution in [1.82, 2.24) is 5.16 Å². The summed E-state index contributed by atoms with van der Waals surface area (Å²) in [6.45, 7) is 0. The summed E-state index contributed by atoms with van der Waals surface area (Å²) >= 11 is 11.9. The monoisotopic (exact) mass is 278 g/mol. The Balaban J connectivity index is 2.24. The van der Waals surface area contributed by atoms with Crippen LogP contribution in [-0.2, 0) is 0 Å². The van der Waals surface area contributed by atoms with Crippen LogP contribution in [0, 0.1) is 0 Å². The minimum atomic E-state index is 0.507. The van der Waals surface area contributed by atoms with Gasteiger partial charge in [-0.05, 0) is 30.3 Å². The van der Waals surface area contributed by atoms with E-state index in [1.165, 1.54) is 0 Å². The molecular weight excluding hydrogens is 271 g/mol. The van der Waals surface area contributed by atoms with E-state index in [2.05, 4.69) is 5.16 Å². The smallest absolute Gasteiger partial charge is 0.167 e. The highest BCUT2D eigenvalue weighted by atomic mass is 35.5. The lowest BCUT2D eigenvalue weighted by atomic mass is 10.1. The molecule has 5 heteroatoms. The molecule has 3 aromatic rings. The van der Waals surface area contributed by atoms with Crippen LogP contribution in [0.15, 0.2) is 40.9 Å². The molecule has 0 atom stereocenters. The Kier molecular flexibility index (Phi) is 2.65. The van der Waals surface area contributed by atoms with E-state index in [1.807, 2.05) is 12.1 Å². The van der Waals surface area contributed by atoms with E-state index in [-0.39, 0.29) is 0 Å². The number of nitrogens with zero attached hydrogens (tertiary/aromatic N) is 1. The molecule has 0 bridgehead atoms. The first-order valence-corrected chi connectivity index (χ1v) is 6.01. The number of aromatic nitrogens is 1. The molecule has 0 saturated carbocycles. The van der Waals surface area contributed by atoms with Gasteiger partial charge in [0.05, 0.1) is 16.1 Å². The average molecular weight is 279 g/mol. The number of hydrogen-bond donors (Lipinski definition) is 1. The van der Waals surface area contributed by atoms with E-state index in [0.717, 1.165) is 10.9 Å². The molecule has 3 nitrogen and oxygen atoms in total. The van der Waals surface area contributed by atoms with Crippen molar-refractivity contribution in [3.63, 3.8) is 0 Å². The van der Waals surface area contributed by atoms with Gasteiger partial charge in [-0.3, -0.25) is 0 Å². The molecule has 0 aliphatic carbocycles. The highest BCUT2D eigenvalue weighted by Gasteiger charge is 2.11. The number of rotatable bonds is 1. The van der Waals surface area contributed by atoms with E-state index in [0.29, 0.717) is 27.0 Å². The van der Waals surface area contributed by atoms with Crippen LogP contribution in [0.4, 0.5) is 5.69 Å². The Morgan fingerprint density at radius 1 is 1.06 bits per heavy atom. The maximum atomic E-state index is 5.98. The Bertz CT molecular complexity index is 737. The van der Waals surface area contributed by atoms with Crippen LogP contribution >= 0.6 is 23.2 Å². The largest absolute Gasteiger partial charge is 0.398 e. The highest BCUT2D eigenvalue weighted by Crippen LogP contribution is 2.32. The number of nitrogens with two attached hydrogens (primary N) is 1. The van der Waals surface area contributed by atoms with E-state index in [1.54, 1.807) is 24.3 Å². The molecule has 3 rings (SSSR count). The SMILES string of the molecule is Nc1cc(-c2noc3ccc(Cl)cc23)ccc1Cl. The number of benzene rings is 2. The summed E-state index contributed by atoms with van der Waals surface area (Å²) < 4.78 is 5.25. The summed E-state index contributed by atoms with van der Waals surface area (Å²) in [5, 5.41) is 6.05. The molecule has 1 aromatic heterocycles. The van der Waals surface area contributed by atoms with Crippen molar-refractivity contribution in [2.24, 2.45) is 0 Å². The summed E-state index contributed by atoms with van der Waals surface area (Å²) in [5.41, 5.74) is 8.52. The van der Waals surface area contributed by atoms with Gasteiger partial charge in [0.2, 0.25) is 0 Å². The number of fused-ring (bicyclic) bond motifs is 1. The van der Waals surface area contributed by atoms with Crippen LogP contribution in [0.25, 0.3) is 22.2 Å². The summed E-state index contributed by atoms with van der Waals surface area (Å²) in [5.74, 6) is 0. The predicted octanol–water partition coefficient (Wildman–Crippen LogP) is 4.38. The van der Waals surface area contributed by atoms with E-state index in [4.69, 9.17) is 33.5 Å². The molecular formula is C13H8Cl2N2O. The molecule has 0 saturated heterocycles. The van der Waals surface area contributed by atoms with Gasteiger partial charge in [-0.1, -0.05) is 34.4 Å². The van der Waals surface area contributed by atoms with Crippen LogP contribution in [0.2, 0.25) is 10.0 Å². The topological polar surface area (TPSA) is 52.0 Å². The van der Waals surface area contributed by atoms with Gasteiger partial charge < -0.3 is 10.3 Å². The minimum Gasteiger partial charge on any atom is -0.398 e. The molecule has 0 aliphatic heterocycles. The first kappa shape index (κ1) is 11.4. The Morgan fingerprint density at radius 3 is 2.67 bits per heavy atom. The predicted molar refractivity (Wildman–Crippen MR) is 73.9 cm³/mol. The second-order valence-corrected chi connectivity index (χ2v) is 4.75. The number of nitrogen functional groups attached to an aromatic ring is 1. The minimum absolute atomic E-state index is 0.507. The van der Waals surface area contributed by atoms with Gasteiger partial charge in [0.1, 0.15) is 5.69 Å². The van der Waals surface area contributed by atoms with Crippen LogP contribution in [0.5, 0.6) is 0 Å². The molecule has 0 aliphatic rings.